The second kappa shape index (κ2) is 8.12. The minimum Gasteiger partial charge on any atom is -0.322 e. The predicted octanol–water partition coefficient (Wildman–Crippen LogP) is 5.18. The molecular formula is C21H20F2N4O. The number of carbonyl (C=O) groups excluding carboxylic acids is 1. The van der Waals surface area contributed by atoms with E-state index in [1.165, 1.54) is 6.07 Å². The Morgan fingerprint density at radius 1 is 1.00 bits per heavy atom. The lowest BCUT2D eigenvalue weighted by atomic mass is 10.0. The van der Waals surface area contributed by atoms with Gasteiger partial charge in [-0.05, 0) is 42.7 Å². The summed E-state index contributed by atoms with van der Waals surface area (Å²) in [6, 6.07) is 12.2. The Kier molecular flexibility index (Phi) is 5.63. The van der Waals surface area contributed by atoms with Crippen LogP contribution in [0.2, 0.25) is 0 Å². The fourth-order valence-electron chi connectivity index (χ4n) is 2.75. The number of nitrogens with one attached hydrogen (secondary N) is 2. The minimum absolute atomic E-state index is 0.0171. The Balaban J connectivity index is 1.86. The number of hydrogen-bond acceptors (Lipinski definition) is 4. The standard InChI is InChI=1S/C21H20F2N4O/c1-12(2)15-6-4-5-7-17(15)25-20(28)19-10-13(3)24-21(27-19)26-18-9-8-14(22)11-16(18)23/h4-12H,1-3H3,(H,25,28)(H,24,26,27). The van der Waals surface area contributed by atoms with Gasteiger partial charge >= 0.3 is 0 Å². The second-order valence-electron chi connectivity index (χ2n) is 6.66. The second-order valence-corrected chi connectivity index (χ2v) is 6.66. The number of halogens is 2. The number of amides is 1. The summed E-state index contributed by atoms with van der Waals surface area (Å²) in [6.45, 7) is 5.78. The van der Waals surface area contributed by atoms with Gasteiger partial charge in [-0.2, -0.15) is 0 Å². The third kappa shape index (κ3) is 4.49. The molecule has 3 aromatic rings. The molecule has 7 heteroatoms. The SMILES string of the molecule is Cc1cc(C(=O)Nc2ccccc2C(C)C)nc(Nc2ccc(F)cc2F)n1. The first-order chi connectivity index (χ1) is 13.3. The summed E-state index contributed by atoms with van der Waals surface area (Å²) >= 11 is 0. The maximum Gasteiger partial charge on any atom is 0.274 e. The van der Waals surface area contributed by atoms with Crippen LogP contribution in [-0.4, -0.2) is 15.9 Å². The van der Waals surface area contributed by atoms with Crippen LogP contribution in [0.3, 0.4) is 0 Å². The Hall–Kier alpha value is -3.35. The highest BCUT2D eigenvalue weighted by atomic mass is 19.1. The Labute approximate surface area is 161 Å². The highest BCUT2D eigenvalue weighted by Crippen LogP contribution is 2.24. The van der Waals surface area contributed by atoms with Crippen LogP contribution in [0.25, 0.3) is 0 Å². The Morgan fingerprint density at radius 2 is 1.75 bits per heavy atom. The van der Waals surface area contributed by atoms with E-state index >= 15 is 0 Å². The smallest absolute Gasteiger partial charge is 0.274 e. The topological polar surface area (TPSA) is 66.9 Å². The van der Waals surface area contributed by atoms with Crippen molar-refractivity contribution < 1.29 is 13.6 Å². The van der Waals surface area contributed by atoms with Gasteiger partial charge in [0.25, 0.3) is 5.91 Å². The lowest BCUT2D eigenvalue weighted by molar-refractivity contribution is 0.102. The van der Waals surface area contributed by atoms with Gasteiger partial charge in [-0.3, -0.25) is 4.79 Å². The molecule has 0 fully saturated rings. The Bertz CT molecular complexity index is 1020. The van der Waals surface area contributed by atoms with Crippen LogP contribution in [0.5, 0.6) is 0 Å². The maximum absolute atomic E-state index is 13.9. The van der Waals surface area contributed by atoms with Gasteiger partial charge in [0, 0.05) is 17.4 Å². The minimum atomic E-state index is -0.776. The third-order valence-corrected chi connectivity index (χ3v) is 4.10. The van der Waals surface area contributed by atoms with Gasteiger partial charge in [0.05, 0.1) is 5.69 Å². The van der Waals surface area contributed by atoms with Gasteiger partial charge in [-0.15, -0.1) is 0 Å². The molecule has 0 bridgehead atoms. The number of carbonyl (C=O) groups is 1. The van der Waals surface area contributed by atoms with Gasteiger partial charge in [0.2, 0.25) is 5.95 Å². The van der Waals surface area contributed by atoms with E-state index in [1.54, 1.807) is 13.0 Å². The lowest BCUT2D eigenvalue weighted by Gasteiger charge is -2.14. The Morgan fingerprint density at radius 3 is 2.46 bits per heavy atom. The van der Waals surface area contributed by atoms with Gasteiger partial charge < -0.3 is 10.6 Å². The van der Waals surface area contributed by atoms with Crippen molar-refractivity contribution in [2.24, 2.45) is 0 Å². The molecule has 5 nitrogen and oxygen atoms in total. The van der Waals surface area contributed by atoms with E-state index in [2.05, 4.69) is 20.6 Å². The molecule has 0 aliphatic carbocycles. The molecule has 28 heavy (non-hydrogen) atoms. The molecular weight excluding hydrogens is 362 g/mol. The van der Waals surface area contributed by atoms with Crippen LogP contribution < -0.4 is 10.6 Å². The molecule has 144 valence electrons. The lowest BCUT2D eigenvalue weighted by Crippen LogP contribution is -2.17. The number of hydrogen-bond donors (Lipinski definition) is 2. The monoisotopic (exact) mass is 382 g/mol. The molecule has 0 saturated carbocycles. The highest BCUT2D eigenvalue weighted by Gasteiger charge is 2.15. The molecule has 1 amide bonds. The summed E-state index contributed by atoms with van der Waals surface area (Å²) in [7, 11) is 0. The van der Waals surface area contributed by atoms with E-state index in [4.69, 9.17) is 0 Å². The van der Waals surface area contributed by atoms with Gasteiger partial charge in [-0.1, -0.05) is 32.0 Å². The molecule has 0 aliphatic heterocycles. The van der Waals surface area contributed by atoms with Crippen molar-refractivity contribution in [2.45, 2.75) is 26.7 Å². The zero-order valence-corrected chi connectivity index (χ0v) is 15.8. The van der Waals surface area contributed by atoms with Crippen molar-refractivity contribution in [1.82, 2.24) is 9.97 Å². The molecule has 0 saturated heterocycles. The largest absolute Gasteiger partial charge is 0.322 e. The normalized spacial score (nSPS) is 10.8. The van der Waals surface area contributed by atoms with E-state index < -0.39 is 17.5 Å². The number of rotatable bonds is 5. The molecule has 3 rings (SSSR count). The van der Waals surface area contributed by atoms with Crippen LogP contribution in [0.4, 0.5) is 26.1 Å². The van der Waals surface area contributed by atoms with Crippen molar-refractivity contribution in [3.05, 3.63) is 77.1 Å². The van der Waals surface area contributed by atoms with Gasteiger partial charge in [0.15, 0.2) is 0 Å². The number of para-hydroxylation sites is 1. The number of aromatic nitrogens is 2. The van der Waals surface area contributed by atoms with Crippen LogP contribution in [0.1, 0.15) is 41.5 Å². The van der Waals surface area contributed by atoms with Gasteiger partial charge in [-0.25, -0.2) is 18.7 Å². The fourth-order valence-corrected chi connectivity index (χ4v) is 2.75. The van der Waals surface area contributed by atoms with E-state index in [0.29, 0.717) is 11.4 Å². The van der Waals surface area contributed by atoms with Crippen LogP contribution in [0.15, 0.2) is 48.5 Å². The molecule has 2 aromatic carbocycles. The quantitative estimate of drug-likeness (QED) is 0.638. The number of aryl methyl sites for hydroxylation is 1. The van der Waals surface area contributed by atoms with E-state index in [-0.39, 0.29) is 23.2 Å². The van der Waals surface area contributed by atoms with E-state index in [9.17, 15) is 13.6 Å². The zero-order chi connectivity index (χ0) is 20.3. The molecule has 0 atom stereocenters. The fraction of sp³-hybridized carbons (Fsp3) is 0.190. The maximum atomic E-state index is 13.9. The summed E-state index contributed by atoms with van der Waals surface area (Å²) in [5, 5.41) is 5.55. The van der Waals surface area contributed by atoms with Crippen LogP contribution in [-0.2, 0) is 0 Å². The highest BCUT2D eigenvalue weighted by molar-refractivity contribution is 6.03. The number of anilines is 3. The first-order valence-corrected chi connectivity index (χ1v) is 8.81. The summed E-state index contributed by atoms with van der Waals surface area (Å²) in [5.41, 5.74) is 2.40. The van der Waals surface area contributed by atoms with Crippen molar-refractivity contribution in [2.75, 3.05) is 10.6 Å². The van der Waals surface area contributed by atoms with E-state index in [1.807, 2.05) is 38.1 Å². The number of nitrogens with zero attached hydrogens (tertiary/aromatic N) is 2. The number of benzene rings is 2. The first kappa shape index (κ1) is 19.4. The third-order valence-electron chi connectivity index (χ3n) is 4.10. The van der Waals surface area contributed by atoms with Crippen molar-refractivity contribution in [1.29, 1.82) is 0 Å². The van der Waals surface area contributed by atoms with Crippen molar-refractivity contribution in [3.8, 4) is 0 Å². The molecule has 0 radical (unpaired) electrons. The summed E-state index contributed by atoms with van der Waals surface area (Å²) in [5.74, 6) is -1.57. The molecule has 1 heterocycles. The molecule has 0 unspecified atom stereocenters. The van der Waals surface area contributed by atoms with Gasteiger partial charge in [0.1, 0.15) is 17.3 Å². The van der Waals surface area contributed by atoms with Crippen molar-refractivity contribution in [3.63, 3.8) is 0 Å². The molecule has 1 aromatic heterocycles. The predicted molar refractivity (Wildman–Crippen MR) is 105 cm³/mol. The molecule has 2 N–H and O–H groups in total. The van der Waals surface area contributed by atoms with Crippen molar-refractivity contribution >= 4 is 23.2 Å². The summed E-state index contributed by atoms with van der Waals surface area (Å²) in [4.78, 5) is 21.0. The summed E-state index contributed by atoms with van der Waals surface area (Å²) in [6.07, 6.45) is 0. The zero-order valence-electron chi connectivity index (χ0n) is 15.8. The molecule has 0 spiro atoms. The average Bonchev–Trinajstić information content (AvgIpc) is 2.64. The molecule has 0 aliphatic rings. The van der Waals surface area contributed by atoms with Crippen LogP contribution in [0, 0.1) is 18.6 Å². The van der Waals surface area contributed by atoms with Crippen LogP contribution >= 0.6 is 0 Å². The summed E-state index contributed by atoms with van der Waals surface area (Å²) < 4.78 is 26.9. The average molecular weight is 382 g/mol. The first-order valence-electron chi connectivity index (χ1n) is 8.81. The van der Waals surface area contributed by atoms with E-state index in [0.717, 1.165) is 17.7 Å².